The summed E-state index contributed by atoms with van der Waals surface area (Å²) >= 11 is 6.14. The number of amides is 1. The molecule has 21 heavy (non-hydrogen) atoms. The normalized spacial score (nSPS) is 11.0. The Kier molecular flexibility index (Phi) is 6.24. The number of hydrogen-bond donors (Lipinski definition) is 2. The zero-order valence-corrected chi connectivity index (χ0v) is 12.8. The lowest BCUT2D eigenvalue weighted by atomic mass is 10.1. The van der Waals surface area contributed by atoms with Gasteiger partial charge in [0.1, 0.15) is 0 Å². The van der Waals surface area contributed by atoms with Gasteiger partial charge in [-0.3, -0.25) is 4.79 Å². The summed E-state index contributed by atoms with van der Waals surface area (Å²) < 4.78 is 0. The molecule has 0 aliphatic carbocycles. The topological polar surface area (TPSA) is 83.6 Å². The number of nitrogens with zero attached hydrogens (tertiary/aromatic N) is 1. The summed E-state index contributed by atoms with van der Waals surface area (Å²) in [6.07, 6.45) is 2.45. The van der Waals surface area contributed by atoms with Gasteiger partial charge in [-0.2, -0.15) is 0 Å². The van der Waals surface area contributed by atoms with E-state index in [2.05, 4.69) is 0 Å². The highest BCUT2D eigenvalue weighted by molar-refractivity contribution is 6.32. The molecule has 0 heterocycles. The van der Waals surface area contributed by atoms with Gasteiger partial charge >= 0.3 is 5.97 Å². The highest BCUT2D eigenvalue weighted by atomic mass is 35.5. The summed E-state index contributed by atoms with van der Waals surface area (Å²) in [5.41, 5.74) is 6.65. The quantitative estimate of drug-likeness (QED) is 0.757. The van der Waals surface area contributed by atoms with Crippen LogP contribution in [0.3, 0.4) is 0 Å². The van der Waals surface area contributed by atoms with Gasteiger partial charge in [0, 0.05) is 23.3 Å². The molecule has 3 N–H and O–H groups in total. The van der Waals surface area contributed by atoms with Gasteiger partial charge in [-0.05, 0) is 29.7 Å². The van der Waals surface area contributed by atoms with Gasteiger partial charge in [0.25, 0.3) is 0 Å². The van der Waals surface area contributed by atoms with Crippen molar-refractivity contribution < 1.29 is 14.7 Å². The fourth-order valence-electron chi connectivity index (χ4n) is 1.90. The summed E-state index contributed by atoms with van der Waals surface area (Å²) in [6, 6.07) is 5.21. The number of carboxylic acid groups (broad SMARTS) is 1. The highest BCUT2D eigenvalue weighted by Gasteiger charge is 2.12. The van der Waals surface area contributed by atoms with E-state index >= 15 is 0 Å². The van der Waals surface area contributed by atoms with Crippen LogP contribution in [0.25, 0.3) is 6.08 Å². The summed E-state index contributed by atoms with van der Waals surface area (Å²) in [5, 5.41) is 9.04. The van der Waals surface area contributed by atoms with Crippen LogP contribution < -0.4 is 10.6 Å². The second-order valence-corrected chi connectivity index (χ2v) is 5.53. The van der Waals surface area contributed by atoms with E-state index in [9.17, 15) is 9.59 Å². The van der Waals surface area contributed by atoms with E-state index in [1.54, 1.807) is 18.2 Å². The van der Waals surface area contributed by atoms with E-state index in [1.165, 1.54) is 6.08 Å². The average Bonchev–Trinajstić information content (AvgIpc) is 2.35. The Morgan fingerprint density at radius 1 is 1.43 bits per heavy atom. The van der Waals surface area contributed by atoms with Crippen molar-refractivity contribution in [3.8, 4) is 0 Å². The van der Waals surface area contributed by atoms with E-state index in [0.29, 0.717) is 23.0 Å². The number of primary amides is 1. The maximum Gasteiger partial charge on any atom is 0.328 e. The third-order valence-corrected chi connectivity index (χ3v) is 3.01. The Labute approximate surface area is 129 Å². The summed E-state index contributed by atoms with van der Waals surface area (Å²) in [7, 11) is 0. The largest absolute Gasteiger partial charge is 0.478 e. The molecule has 0 aliphatic rings. The fraction of sp³-hybridized carbons (Fsp3) is 0.333. The lowest BCUT2D eigenvalue weighted by molar-refractivity contribution is -0.131. The molecule has 0 saturated carbocycles. The SMILES string of the molecule is CC(C)CN(CC(N)=O)c1ccc(/C=C/C(=O)O)c(Cl)c1. The zero-order valence-electron chi connectivity index (χ0n) is 12.0. The predicted octanol–water partition coefficient (Wildman–Crippen LogP) is 2.39. The Balaban J connectivity index is 3.02. The Morgan fingerprint density at radius 2 is 2.10 bits per heavy atom. The molecule has 6 heteroatoms. The second kappa shape index (κ2) is 7.69. The van der Waals surface area contributed by atoms with Crippen LogP contribution in [-0.4, -0.2) is 30.1 Å². The number of benzene rings is 1. The first-order valence-corrected chi connectivity index (χ1v) is 6.91. The van der Waals surface area contributed by atoms with Crippen molar-refractivity contribution in [1.29, 1.82) is 0 Å². The van der Waals surface area contributed by atoms with Crippen LogP contribution in [0, 0.1) is 5.92 Å². The second-order valence-electron chi connectivity index (χ2n) is 5.12. The monoisotopic (exact) mass is 310 g/mol. The molecule has 1 rings (SSSR count). The first kappa shape index (κ1) is 17.0. The lowest BCUT2D eigenvalue weighted by Gasteiger charge is -2.25. The van der Waals surface area contributed by atoms with Crippen molar-refractivity contribution >= 4 is 35.2 Å². The van der Waals surface area contributed by atoms with Crippen LogP contribution in [0.5, 0.6) is 0 Å². The van der Waals surface area contributed by atoms with Crippen LogP contribution in [-0.2, 0) is 9.59 Å². The third kappa shape index (κ3) is 5.87. The minimum absolute atomic E-state index is 0.110. The first-order valence-electron chi connectivity index (χ1n) is 6.53. The van der Waals surface area contributed by atoms with E-state index in [4.69, 9.17) is 22.4 Å². The molecule has 114 valence electrons. The molecule has 0 atom stereocenters. The molecule has 0 saturated heterocycles. The molecule has 1 aromatic rings. The number of carbonyl (C=O) groups excluding carboxylic acids is 1. The van der Waals surface area contributed by atoms with Gasteiger partial charge in [0.2, 0.25) is 5.91 Å². The molecule has 0 radical (unpaired) electrons. The molecule has 1 aromatic carbocycles. The molecule has 0 fully saturated rings. The average molecular weight is 311 g/mol. The third-order valence-electron chi connectivity index (χ3n) is 2.69. The van der Waals surface area contributed by atoms with Gasteiger partial charge in [0.05, 0.1) is 6.54 Å². The number of anilines is 1. The van der Waals surface area contributed by atoms with Gasteiger partial charge in [-0.15, -0.1) is 0 Å². The molecule has 0 spiro atoms. The van der Waals surface area contributed by atoms with Crippen LogP contribution in [0.1, 0.15) is 19.4 Å². The Morgan fingerprint density at radius 3 is 2.57 bits per heavy atom. The molecule has 0 aliphatic heterocycles. The van der Waals surface area contributed by atoms with Crippen LogP contribution >= 0.6 is 11.6 Å². The number of hydrogen-bond acceptors (Lipinski definition) is 3. The summed E-state index contributed by atoms with van der Waals surface area (Å²) in [6.45, 7) is 4.86. The zero-order chi connectivity index (χ0) is 16.0. The Hall–Kier alpha value is -2.01. The van der Waals surface area contributed by atoms with Crippen LogP contribution in [0.4, 0.5) is 5.69 Å². The van der Waals surface area contributed by atoms with Crippen molar-refractivity contribution in [2.24, 2.45) is 11.7 Å². The predicted molar refractivity (Wildman–Crippen MR) is 84.4 cm³/mol. The number of aliphatic carboxylic acids is 1. The molecular weight excluding hydrogens is 292 g/mol. The van der Waals surface area contributed by atoms with Crippen molar-refractivity contribution in [1.82, 2.24) is 0 Å². The molecule has 5 nitrogen and oxygen atoms in total. The van der Waals surface area contributed by atoms with Crippen LogP contribution in [0.2, 0.25) is 5.02 Å². The minimum Gasteiger partial charge on any atom is -0.478 e. The van der Waals surface area contributed by atoms with Crippen LogP contribution in [0.15, 0.2) is 24.3 Å². The number of carboxylic acids is 1. The maximum absolute atomic E-state index is 11.2. The first-order chi connectivity index (χ1) is 9.79. The minimum atomic E-state index is -1.04. The van der Waals surface area contributed by atoms with E-state index in [1.807, 2.05) is 18.7 Å². The smallest absolute Gasteiger partial charge is 0.328 e. The lowest BCUT2D eigenvalue weighted by Crippen LogP contribution is -2.36. The number of nitrogens with two attached hydrogens (primary N) is 1. The van der Waals surface area contributed by atoms with Crippen molar-refractivity contribution in [3.63, 3.8) is 0 Å². The molecule has 1 amide bonds. The highest BCUT2D eigenvalue weighted by Crippen LogP contribution is 2.25. The van der Waals surface area contributed by atoms with Crippen molar-refractivity contribution in [2.45, 2.75) is 13.8 Å². The fourth-order valence-corrected chi connectivity index (χ4v) is 2.14. The standard InChI is InChI=1S/C15H19ClN2O3/c1-10(2)8-18(9-14(17)19)12-5-3-11(13(16)7-12)4-6-15(20)21/h3-7,10H,8-9H2,1-2H3,(H2,17,19)(H,20,21)/b6-4+. The number of halogens is 1. The van der Waals surface area contributed by atoms with Gasteiger partial charge in [0.15, 0.2) is 0 Å². The summed E-state index contributed by atoms with van der Waals surface area (Å²) in [4.78, 5) is 23.5. The van der Waals surface area contributed by atoms with Gasteiger partial charge < -0.3 is 15.7 Å². The van der Waals surface area contributed by atoms with Gasteiger partial charge in [-0.25, -0.2) is 4.79 Å². The van der Waals surface area contributed by atoms with E-state index < -0.39 is 11.9 Å². The molecule has 0 unspecified atom stereocenters. The Bertz CT molecular complexity index is 556. The van der Waals surface area contributed by atoms with Crippen molar-refractivity contribution in [3.05, 3.63) is 34.9 Å². The number of carbonyl (C=O) groups is 2. The number of rotatable bonds is 7. The summed E-state index contributed by atoms with van der Waals surface area (Å²) in [5.74, 6) is -1.10. The van der Waals surface area contributed by atoms with Gasteiger partial charge in [-0.1, -0.05) is 31.5 Å². The maximum atomic E-state index is 11.2. The van der Waals surface area contributed by atoms with E-state index in [0.717, 1.165) is 11.8 Å². The molecule has 0 bridgehead atoms. The molecule has 0 aromatic heterocycles. The van der Waals surface area contributed by atoms with E-state index in [-0.39, 0.29) is 6.54 Å². The van der Waals surface area contributed by atoms with Crippen molar-refractivity contribution in [2.75, 3.05) is 18.0 Å². The molecular formula is C15H19ClN2O3.